The lowest BCUT2D eigenvalue weighted by Gasteiger charge is -2.30. The molecule has 5 heteroatoms. The van der Waals surface area contributed by atoms with E-state index in [1.807, 2.05) is 6.92 Å². The monoisotopic (exact) mass is 379 g/mol. The first kappa shape index (κ1) is 15.6. The van der Waals surface area contributed by atoms with Gasteiger partial charge in [-0.25, -0.2) is 4.39 Å². The number of carbonyl (C=O) groups excluding carboxylic acids is 1. The zero-order chi connectivity index (χ0) is 13.6. The van der Waals surface area contributed by atoms with Crippen molar-refractivity contribution in [2.45, 2.75) is 25.3 Å². The highest BCUT2D eigenvalue weighted by Gasteiger charge is 2.27. The van der Waals surface area contributed by atoms with Crippen LogP contribution in [0.2, 0.25) is 0 Å². The maximum atomic E-state index is 13.4. The number of amides is 1. The van der Waals surface area contributed by atoms with Gasteiger partial charge in [-0.3, -0.25) is 4.79 Å². The van der Waals surface area contributed by atoms with E-state index in [1.165, 1.54) is 6.07 Å². The van der Waals surface area contributed by atoms with Crippen LogP contribution in [-0.2, 0) is 11.2 Å². The Kier molecular flexibility index (Phi) is 6.29. The van der Waals surface area contributed by atoms with Crippen LogP contribution in [0.5, 0.6) is 0 Å². The number of benzene rings is 1. The molecule has 0 aliphatic heterocycles. The molecule has 100 valence electrons. The average Bonchev–Trinajstić information content (AvgIpc) is 2.39. The molecule has 0 radical (unpaired) electrons. The minimum atomic E-state index is -0.340. The molecule has 2 nitrogen and oxygen atoms in total. The Labute approximate surface area is 124 Å². The van der Waals surface area contributed by atoms with Crippen molar-refractivity contribution >= 4 is 37.8 Å². The van der Waals surface area contributed by atoms with Crippen molar-refractivity contribution in [2.24, 2.45) is 0 Å². The van der Waals surface area contributed by atoms with Crippen LogP contribution < -0.4 is 5.32 Å². The molecular weight excluding hydrogens is 365 g/mol. The Morgan fingerprint density at radius 1 is 1.33 bits per heavy atom. The van der Waals surface area contributed by atoms with Gasteiger partial charge in [0.1, 0.15) is 5.82 Å². The van der Waals surface area contributed by atoms with Gasteiger partial charge < -0.3 is 5.32 Å². The van der Waals surface area contributed by atoms with E-state index in [1.54, 1.807) is 18.2 Å². The summed E-state index contributed by atoms with van der Waals surface area (Å²) in [6.07, 6.45) is 0.862. The normalized spacial score (nSPS) is 11.3. The van der Waals surface area contributed by atoms with Gasteiger partial charge in [0.2, 0.25) is 5.91 Å². The third-order valence-corrected chi connectivity index (χ3v) is 5.05. The summed E-state index contributed by atoms with van der Waals surface area (Å²) in [5, 5.41) is 4.27. The van der Waals surface area contributed by atoms with Crippen molar-refractivity contribution in [3.05, 3.63) is 35.6 Å². The minimum Gasteiger partial charge on any atom is -0.349 e. The molecule has 1 N–H and O–H groups in total. The molecule has 18 heavy (non-hydrogen) atoms. The highest BCUT2D eigenvalue weighted by molar-refractivity contribution is 9.09. The van der Waals surface area contributed by atoms with Crippen molar-refractivity contribution in [2.75, 3.05) is 10.7 Å². The molecule has 0 unspecified atom stereocenters. The van der Waals surface area contributed by atoms with E-state index in [0.717, 1.165) is 6.42 Å². The molecule has 0 saturated carbocycles. The van der Waals surface area contributed by atoms with Crippen LogP contribution in [0.15, 0.2) is 24.3 Å². The van der Waals surface area contributed by atoms with Gasteiger partial charge in [-0.2, -0.15) is 0 Å². The topological polar surface area (TPSA) is 29.1 Å². The summed E-state index contributed by atoms with van der Waals surface area (Å²) < 4.78 is 13.4. The van der Waals surface area contributed by atoms with Gasteiger partial charge in [-0.15, -0.1) is 0 Å². The van der Waals surface area contributed by atoms with Crippen LogP contribution in [-0.4, -0.2) is 22.1 Å². The molecule has 0 bridgehead atoms. The standard InChI is InChI=1S/C13H16Br2FNO/c1-2-13(8-14,9-15)17-12(18)7-10-5-3-4-6-11(10)16/h3-6H,2,7-9H2,1H3,(H,17,18). The van der Waals surface area contributed by atoms with Crippen molar-refractivity contribution in [1.82, 2.24) is 5.32 Å². The van der Waals surface area contributed by atoms with Gasteiger partial charge >= 0.3 is 0 Å². The van der Waals surface area contributed by atoms with Crippen molar-refractivity contribution in [3.63, 3.8) is 0 Å². The molecule has 0 saturated heterocycles. The Morgan fingerprint density at radius 3 is 2.44 bits per heavy atom. The smallest absolute Gasteiger partial charge is 0.225 e. The van der Waals surface area contributed by atoms with Gasteiger partial charge in [0.05, 0.1) is 12.0 Å². The number of rotatable bonds is 6. The first-order valence-electron chi connectivity index (χ1n) is 5.73. The third-order valence-electron chi connectivity index (χ3n) is 2.90. The molecule has 0 aliphatic rings. The molecule has 1 aromatic rings. The second-order valence-corrected chi connectivity index (χ2v) is 5.34. The fourth-order valence-electron chi connectivity index (χ4n) is 1.53. The van der Waals surface area contributed by atoms with Gasteiger partial charge in [-0.1, -0.05) is 57.0 Å². The zero-order valence-corrected chi connectivity index (χ0v) is 13.4. The van der Waals surface area contributed by atoms with Crippen LogP contribution in [0.4, 0.5) is 4.39 Å². The van der Waals surface area contributed by atoms with E-state index in [9.17, 15) is 9.18 Å². The second kappa shape index (κ2) is 7.24. The van der Waals surface area contributed by atoms with E-state index in [0.29, 0.717) is 16.2 Å². The molecule has 0 spiro atoms. The lowest BCUT2D eigenvalue weighted by atomic mass is 10.0. The zero-order valence-electron chi connectivity index (χ0n) is 10.2. The minimum absolute atomic E-state index is 0.0639. The molecule has 1 rings (SSSR count). The molecule has 1 aromatic carbocycles. The quantitative estimate of drug-likeness (QED) is 0.752. The fraction of sp³-hybridized carbons (Fsp3) is 0.462. The van der Waals surface area contributed by atoms with Crippen LogP contribution >= 0.6 is 31.9 Å². The maximum absolute atomic E-state index is 13.4. The highest BCUT2D eigenvalue weighted by Crippen LogP contribution is 2.17. The summed E-state index contributed by atoms with van der Waals surface area (Å²) in [5.41, 5.74) is 0.103. The Hall–Kier alpha value is -0.420. The van der Waals surface area contributed by atoms with Crippen molar-refractivity contribution in [3.8, 4) is 0 Å². The predicted molar refractivity (Wildman–Crippen MR) is 78.9 cm³/mol. The molecule has 1 amide bonds. The predicted octanol–water partition coefficient (Wildman–Crippen LogP) is 3.42. The molecular formula is C13H16Br2FNO. The summed E-state index contributed by atoms with van der Waals surface area (Å²) in [5.74, 6) is -0.506. The SMILES string of the molecule is CCC(CBr)(CBr)NC(=O)Cc1ccccc1F. The summed E-state index contributed by atoms with van der Waals surface area (Å²) >= 11 is 6.81. The van der Waals surface area contributed by atoms with Gasteiger partial charge in [0.25, 0.3) is 0 Å². The Morgan fingerprint density at radius 2 is 1.94 bits per heavy atom. The van der Waals surface area contributed by atoms with E-state index in [4.69, 9.17) is 0 Å². The van der Waals surface area contributed by atoms with E-state index in [2.05, 4.69) is 37.2 Å². The Balaban J connectivity index is 2.70. The van der Waals surface area contributed by atoms with Crippen molar-refractivity contribution < 1.29 is 9.18 Å². The van der Waals surface area contributed by atoms with E-state index >= 15 is 0 Å². The second-order valence-electron chi connectivity index (χ2n) is 4.22. The van der Waals surface area contributed by atoms with Crippen molar-refractivity contribution in [1.29, 1.82) is 0 Å². The highest BCUT2D eigenvalue weighted by atomic mass is 79.9. The molecule has 0 fully saturated rings. The number of alkyl halides is 2. The van der Waals surface area contributed by atoms with E-state index in [-0.39, 0.29) is 23.7 Å². The number of halogens is 3. The number of nitrogens with one attached hydrogen (secondary N) is 1. The summed E-state index contributed by atoms with van der Waals surface area (Å²) in [4.78, 5) is 11.9. The van der Waals surface area contributed by atoms with Crippen LogP contribution in [0.1, 0.15) is 18.9 Å². The largest absolute Gasteiger partial charge is 0.349 e. The lowest BCUT2D eigenvalue weighted by molar-refractivity contribution is -0.121. The van der Waals surface area contributed by atoms with Crippen LogP contribution in [0.3, 0.4) is 0 Å². The summed E-state index contributed by atoms with van der Waals surface area (Å²) in [6.45, 7) is 2.01. The van der Waals surface area contributed by atoms with Crippen LogP contribution in [0, 0.1) is 5.82 Å². The third kappa shape index (κ3) is 4.05. The van der Waals surface area contributed by atoms with Gasteiger partial charge in [0, 0.05) is 10.7 Å². The molecule has 0 aliphatic carbocycles. The number of hydrogen-bond donors (Lipinski definition) is 1. The van der Waals surface area contributed by atoms with E-state index < -0.39 is 0 Å². The summed E-state index contributed by atoms with van der Waals surface area (Å²) in [6, 6.07) is 6.34. The average molecular weight is 381 g/mol. The fourth-order valence-corrected chi connectivity index (χ4v) is 3.54. The molecule has 0 aromatic heterocycles. The lowest BCUT2D eigenvalue weighted by Crippen LogP contribution is -2.51. The molecule has 0 heterocycles. The first-order valence-corrected chi connectivity index (χ1v) is 7.97. The number of carbonyl (C=O) groups is 1. The van der Waals surface area contributed by atoms with Gasteiger partial charge in [-0.05, 0) is 18.1 Å². The summed E-state index contributed by atoms with van der Waals surface area (Å²) in [7, 11) is 0. The Bertz CT molecular complexity index is 399. The maximum Gasteiger partial charge on any atom is 0.225 e. The number of hydrogen-bond acceptors (Lipinski definition) is 1. The first-order chi connectivity index (χ1) is 8.56. The van der Waals surface area contributed by atoms with Gasteiger partial charge in [0.15, 0.2) is 0 Å². The molecule has 0 atom stereocenters. The van der Waals surface area contributed by atoms with Crippen LogP contribution in [0.25, 0.3) is 0 Å².